The molecule has 0 amide bonds. The number of aromatic nitrogens is 2. The molecule has 0 aromatic carbocycles. The summed E-state index contributed by atoms with van der Waals surface area (Å²) >= 11 is 0.00380. The molecule has 1 atom stereocenters. The van der Waals surface area contributed by atoms with Crippen LogP contribution in [-0.4, -0.2) is 27.6 Å². The predicted molar refractivity (Wildman–Crippen MR) is 81.5 cm³/mol. The first-order chi connectivity index (χ1) is 9.80. The standard InChI is InChI=1S/C14H24F3N3S/c1-5-7-18-12(6-2)13-10(3)19-20(11(13)4)8-9-21-14(15,16)17/h12,18H,5-9H2,1-4H3. The quantitative estimate of drug-likeness (QED) is 0.777. The fourth-order valence-corrected chi connectivity index (χ4v) is 2.95. The summed E-state index contributed by atoms with van der Waals surface area (Å²) in [6.07, 6.45) is 1.98. The van der Waals surface area contributed by atoms with Crippen LogP contribution in [0.2, 0.25) is 0 Å². The molecule has 122 valence electrons. The minimum Gasteiger partial charge on any atom is -0.310 e. The van der Waals surface area contributed by atoms with E-state index in [0.29, 0.717) is 0 Å². The largest absolute Gasteiger partial charge is 0.441 e. The first-order valence-electron chi connectivity index (χ1n) is 7.28. The summed E-state index contributed by atoms with van der Waals surface area (Å²) < 4.78 is 38.3. The number of nitrogens with zero attached hydrogens (tertiary/aromatic N) is 2. The van der Waals surface area contributed by atoms with Gasteiger partial charge in [-0.15, -0.1) is 0 Å². The van der Waals surface area contributed by atoms with Gasteiger partial charge in [-0.3, -0.25) is 4.68 Å². The molecule has 7 heteroatoms. The molecule has 0 saturated heterocycles. The molecule has 21 heavy (non-hydrogen) atoms. The number of nitrogens with one attached hydrogen (secondary N) is 1. The third kappa shape index (κ3) is 5.54. The third-order valence-corrected chi connectivity index (χ3v) is 4.12. The van der Waals surface area contributed by atoms with E-state index in [1.54, 1.807) is 4.68 Å². The van der Waals surface area contributed by atoms with E-state index in [2.05, 4.69) is 24.3 Å². The van der Waals surface area contributed by atoms with Crippen molar-refractivity contribution in [2.24, 2.45) is 0 Å². The van der Waals surface area contributed by atoms with E-state index in [9.17, 15) is 13.2 Å². The van der Waals surface area contributed by atoms with E-state index >= 15 is 0 Å². The van der Waals surface area contributed by atoms with Crippen LogP contribution in [0.5, 0.6) is 0 Å². The second-order valence-corrected chi connectivity index (χ2v) is 6.18. The Balaban J connectivity index is 2.79. The van der Waals surface area contributed by atoms with Crippen molar-refractivity contribution in [2.45, 2.75) is 58.6 Å². The van der Waals surface area contributed by atoms with Crippen LogP contribution in [0, 0.1) is 13.8 Å². The maximum absolute atomic E-state index is 12.2. The van der Waals surface area contributed by atoms with E-state index in [0.717, 1.165) is 36.3 Å². The molecule has 1 unspecified atom stereocenters. The van der Waals surface area contributed by atoms with Crippen molar-refractivity contribution in [1.29, 1.82) is 0 Å². The van der Waals surface area contributed by atoms with Crippen molar-refractivity contribution in [2.75, 3.05) is 12.3 Å². The van der Waals surface area contributed by atoms with Gasteiger partial charge in [0.05, 0.1) is 12.2 Å². The van der Waals surface area contributed by atoms with Crippen LogP contribution in [-0.2, 0) is 6.54 Å². The number of halogens is 3. The van der Waals surface area contributed by atoms with Gasteiger partial charge in [0.2, 0.25) is 0 Å². The van der Waals surface area contributed by atoms with Gasteiger partial charge >= 0.3 is 5.51 Å². The Hall–Kier alpha value is -0.690. The van der Waals surface area contributed by atoms with Crippen molar-refractivity contribution in [3.05, 3.63) is 17.0 Å². The number of aryl methyl sites for hydroxylation is 2. The van der Waals surface area contributed by atoms with E-state index in [4.69, 9.17) is 0 Å². The fourth-order valence-electron chi connectivity index (χ4n) is 2.45. The summed E-state index contributed by atoms with van der Waals surface area (Å²) in [7, 11) is 0. The number of alkyl halides is 3. The molecule has 0 spiro atoms. The van der Waals surface area contributed by atoms with Gasteiger partial charge in [-0.05, 0) is 45.0 Å². The summed E-state index contributed by atoms with van der Waals surface area (Å²) in [5, 5.41) is 7.87. The molecular formula is C14H24F3N3S. The molecule has 1 heterocycles. The maximum atomic E-state index is 12.2. The van der Waals surface area contributed by atoms with Crippen LogP contribution in [0.4, 0.5) is 13.2 Å². The Bertz CT molecular complexity index is 443. The maximum Gasteiger partial charge on any atom is 0.441 e. The molecule has 3 nitrogen and oxygen atoms in total. The van der Waals surface area contributed by atoms with Crippen molar-refractivity contribution in [3.8, 4) is 0 Å². The Morgan fingerprint density at radius 2 is 1.95 bits per heavy atom. The van der Waals surface area contributed by atoms with Gasteiger partial charge in [0.1, 0.15) is 0 Å². The fraction of sp³-hybridized carbons (Fsp3) is 0.786. The molecule has 1 aromatic rings. The molecule has 1 N–H and O–H groups in total. The Morgan fingerprint density at radius 3 is 2.48 bits per heavy atom. The van der Waals surface area contributed by atoms with Crippen LogP contribution in [0.25, 0.3) is 0 Å². The van der Waals surface area contributed by atoms with E-state index < -0.39 is 5.51 Å². The lowest BCUT2D eigenvalue weighted by Crippen LogP contribution is -2.22. The molecule has 0 aliphatic rings. The topological polar surface area (TPSA) is 29.9 Å². The zero-order chi connectivity index (χ0) is 16.0. The number of rotatable bonds is 8. The molecule has 0 fully saturated rings. The minimum absolute atomic E-state index is 0.00380. The SMILES string of the molecule is CCCNC(CC)c1c(C)nn(CCSC(F)(F)F)c1C. The Labute approximate surface area is 128 Å². The second-order valence-electron chi connectivity index (χ2n) is 5.02. The Kier molecular flexibility index (Phi) is 7.06. The molecule has 0 bridgehead atoms. The highest BCUT2D eigenvalue weighted by Crippen LogP contribution is 2.30. The van der Waals surface area contributed by atoms with E-state index in [1.807, 2.05) is 13.8 Å². The highest BCUT2D eigenvalue weighted by molar-refractivity contribution is 8.00. The first kappa shape index (κ1) is 18.4. The van der Waals surface area contributed by atoms with Crippen LogP contribution >= 0.6 is 11.8 Å². The minimum atomic E-state index is -4.17. The molecule has 0 saturated carbocycles. The summed E-state index contributed by atoms with van der Waals surface area (Å²) in [5.41, 5.74) is -1.18. The molecule has 0 aliphatic carbocycles. The van der Waals surface area contributed by atoms with Crippen LogP contribution in [0.3, 0.4) is 0 Å². The lowest BCUT2D eigenvalue weighted by atomic mass is 10.0. The van der Waals surface area contributed by atoms with Gasteiger partial charge in [0.15, 0.2) is 0 Å². The summed E-state index contributed by atoms with van der Waals surface area (Å²) in [6.45, 7) is 9.27. The number of thioether (sulfide) groups is 1. The van der Waals surface area contributed by atoms with E-state index in [-0.39, 0.29) is 30.1 Å². The molecule has 1 aromatic heterocycles. The first-order valence-corrected chi connectivity index (χ1v) is 8.26. The second kappa shape index (κ2) is 8.08. The summed E-state index contributed by atoms with van der Waals surface area (Å²) in [6, 6.07) is 0.217. The predicted octanol–water partition coefficient (Wildman–Crippen LogP) is 4.20. The normalized spacial score (nSPS) is 13.7. The smallest absolute Gasteiger partial charge is 0.310 e. The zero-order valence-corrected chi connectivity index (χ0v) is 13.9. The van der Waals surface area contributed by atoms with Gasteiger partial charge in [-0.2, -0.15) is 18.3 Å². The van der Waals surface area contributed by atoms with Gasteiger partial charge < -0.3 is 5.32 Å². The average molecular weight is 323 g/mol. The molecule has 0 aliphatic heterocycles. The van der Waals surface area contributed by atoms with E-state index in [1.165, 1.54) is 0 Å². The van der Waals surface area contributed by atoms with Crippen molar-refractivity contribution >= 4 is 11.8 Å². The highest BCUT2D eigenvalue weighted by atomic mass is 32.2. The van der Waals surface area contributed by atoms with Gasteiger partial charge in [0, 0.05) is 23.1 Å². The molecule has 1 rings (SSSR count). The summed E-state index contributed by atoms with van der Waals surface area (Å²) in [4.78, 5) is 0. The van der Waals surface area contributed by atoms with Gasteiger partial charge in [0.25, 0.3) is 0 Å². The Morgan fingerprint density at radius 1 is 1.29 bits per heavy atom. The van der Waals surface area contributed by atoms with Crippen LogP contribution in [0.1, 0.15) is 49.7 Å². The zero-order valence-electron chi connectivity index (χ0n) is 13.0. The highest BCUT2D eigenvalue weighted by Gasteiger charge is 2.28. The van der Waals surface area contributed by atoms with Crippen molar-refractivity contribution < 1.29 is 13.2 Å². The lowest BCUT2D eigenvalue weighted by molar-refractivity contribution is -0.0328. The monoisotopic (exact) mass is 323 g/mol. The number of hydrogen-bond donors (Lipinski definition) is 1. The molecular weight excluding hydrogens is 299 g/mol. The number of hydrogen-bond acceptors (Lipinski definition) is 3. The van der Waals surface area contributed by atoms with Crippen LogP contribution < -0.4 is 5.32 Å². The average Bonchev–Trinajstić information content (AvgIpc) is 2.66. The lowest BCUT2D eigenvalue weighted by Gasteiger charge is -2.17. The van der Waals surface area contributed by atoms with Crippen molar-refractivity contribution in [3.63, 3.8) is 0 Å². The molecule has 0 radical (unpaired) electrons. The van der Waals surface area contributed by atoms with Crippen molar-refractivity contribution in [1.82, 2.24) is 15.1 Å². The summed E-state index contributed by atoms with van der Waals surface area (Å²) in [5.74, 6) is -0.00984. The van der Waals surface area contributed by atoms with Gasteiger partial charge in [-0.1, -0.05) is 13.8 Å². The third-order valence-electron chi connectivity index (χ3n) is 3.40. The van der Waals surface area contributed by atoms with Gasteiger partial charge in [-0.25, -0.2) is 0 Å². The van der Waals surface area contributed by atoms with Crippen LogP contribution in [0.15, 0.2) is 0 Å².